The second-order valence-electron chi connectivity index (χ2n) is 5.29. The molecule has 0 aliphatic carbocycles. The van der Waals surface area contributed by atoms with E-state index in [0.29, 0.717) is 19.6 Å². The van der Waals surface area contributed by atoms with Gasteiger partial charge in [-0.2, -0.15) is 0 Å². The third-order valence-electron chi connectivity index (χ3n) is 3.76. The van der Waals surface area contributed by atoms with E-state index in [1.165, 1.54) is 10.8 Å². The van der Waals surface area contributed by atoms with E-state index in [-0.39, 0.29) is 22.9 Å². The van der Waals surface area contributed by atoms with Crippen molar-refractivity contribution in [1.82, 2.24) is 9.55 Å². The summed E-state index contributed by atoms with van der Waals surface area (Å²) in [5.41, 5.74) is 4.84. The average Bonchev–Trinajstić information content (AvgIpc) is 2.44. The molecule has 3 rings (SSSR count). The summed E-state index contributed by atoms with van der Waals surface area (Å²) in [6, 6.07) is 1.04. The molecule has 116 valence electrons. The molecule has 1 saturated heterocycles. The van der Waals surface area contributed by atoms with E-state index in [1.54, 1.807) is 11.8 Å². The first-order chi connectivity index (χ1) is 10.4. The number of rotatable bonds is 3. The maximum atomic E-state index is 14.2. The lowest BCUT2D eigenvalue weighted by atomic mass is 10.1. The fourth-order valence-corrected chi connectivity index (χ4v) is 2.58. The van der Waals surface area contributed by atoms with E-state index in [4.69, 9.17) is 10.8 Å². The topological polar surface area (TPSA) is 101 Å². The molecule has 0 spiro atoms. The number of anilines is 1. The number of nitrogens with two attached hydrogens (primary N) is 1. The predicted molar refractivity (Wildman–Crippen MR) is 78.8 cm³/mol. The molecule has 0 bridgehead atoms. The Morgan fingerprint density at radius 2 is 2.23 bits per heavy atom. The predicted octanol–water partition coefficient (Wildman–Crippen LogP) is 0.401. The van der Waals surface area contributed by atoms with Gasteiger partial charge in [-0.05, 0) is 13.0 Å². The number of nitrogens with zero attached hydrogens (tertiary/aromatic N) is 3. The van der Waals surface area contributed by atoms with Crippen molar-refractivity contribution in [3.05, 3.63) is 33.9 Å². The van der Waals surface area contributed by atoms with Crippen LogP contribution < -0.4 is 16.1 Å². The fraction of sp³-hybridized carbons (Fsp3) is 0.357. The summed E-state index contributed by atoms with van der Waals surface area (Å²) >= 11 is 0. The average molecular weight is 306 g/mol. The van der Waals surface area contributed by atoms with Crippen LogP contribution in [0.3, 0.4) is 0 Å². The lowest BCUT2D eigenvalue weighted by Crippen LogP contribution is -2.56. The normalized spacial score (nSPS) is 15.1. The molecule has 3 heterocycles. The van der Waals surface area contributed by atoms with Crippen molar-refractivity contribution in [3.63, 3.8) is 0 Å². The van der Waals surface area contributed by atoms with Gasteiger partial charge in [0, 0.05) is 31.9 Å². The maximum Gasteiger partial charge on any atom is 0.341 e. The minimum Gasteiger partial charge on any atom is -0.477 e. The Morgan fingerprint density at radius 3 is 2.77 bits per heavy atom. The van der Waals surface area contributed by atoms with E-state index < -0.39 is 22.8 Å². The summed E-state index contributed by atoms with van der Waals surface area (Å²) in [4.78, 5) is 29.2. The van der Waals surface area contributed by atoms with Crippen molar-refractivity contribution in [2.45, 2.75) is 19.5 Å². The summed E-state index contributed by atoms with van der Waals surface area (Å²) in [6.07, 6.45) is 1.24. The summed E-state index contributed by atoms with van der Waals surface area (Å²) < 4.78 is 15.8. The molecule has 0 aromatic carbocycles. The Kier molecular flexibility index (Phi) is 3.32. The van der Waals surface area contributed by atoms with Crippen molar-refractivity contribution in [2.75, 3.05) is 18.0 Å². The monoisotopic (exact) mass is 306 g/mol. The second-order valence-corrected chi connectivity index (χ2v) is 5.29. The Hall–Kier alpha value is -2.48. The van der Waals surface area contributed by atoms with Crippen LogP contribution in [0.25, 0.3) is 11.0 Å². The largest absolute Gasteiger partial charge is 0.477 e. The van der Waals surface area contributed by atoms with Gasteiger partial charge in [0.2, 0.25) is 5.43 Å². The zero-order chi connectivity index (χ0) is 16.0. The van der Waals surface area contributed by atoms with E-state index >= 15 is 0 Å². The van der Waals surface area contributed by atoms with E-state index in [1.807, 2.05) is 0 Å². The molecule has 1 aliphatic rings. The van der Waals surface area contributed by atoms with Crippen LogP contribution >= 0.6 is 0 Å². The third-order valence-corrected chi connectivity index (χ3v) is 3.76. The first-order valence-corrected chi connectivity index (χ1v) is 6.90. The molecule has 0 amide bonds. The summed E-state index contributed by atoms with van der Waals surface area (Å²) in [5.74, 6) is -1.85. The standard InChI is InChI=1S/C14H15FN4O3/c1-2-18-6-9(14(21)22)11(20)8-3-10(15)13(17-12(8)18)19-4-7(16)5-19/h3,6-7H,2,4-5,16H2,1H3,(H,21,22). The molecule has 2 aromatic rings. The number of pyridine rings is 2. The Morgan fingerprint density at radius 1 is 1.55 bits per heavy atom. The molecule has 3 N–H and O–H groups in total. The second kappa shape index (κ2) is 5.06. The fourth-order valence-electron chi connectivity index (χ4n) is 2.58. The zero-order valence-corrected chi connectivity index (χ0v) is 11.9. The number of aromatic nitrogens is 2. The molecule has 22 heavy (non-hydrogen) atoms. The molecule has 0 unspecified atom stereocenters. The highest BCUT2D eigenvalue weighted by Crippen LogP contribution is 2.24. The number of carboxylic acid groups (broad SMARTS) is 1. The van der Waals surface area contributed by atoms with Crippen molar-refractivity contribution in [1.29, 1.82) is 0 Å². The van der Waals surface area contributed by atoms with Gasteiger partial charge in [0.25, 0.3) is 0 Å². The van der Waals surface area contributed by atoms with Gasteiger partial charge in [0.15, 0.2) is 11.6 Å². The quantitative estimate of drug-likeness (QED) is 0.851. The highest BCUT2D eigenvalue weighted by atomic mass is 19.1. The van der Waals surface area contributed by atoms with Crippen LogP contribution in [0.1, 0.15) is 17.3 Å². The molecule has 7 nitrogen and oxygen atoms in total. The molecule has 0 radical (unpaired) electrons. The molecule has 8 heteroatoms. The van der Waals surface area contributed by atoms with Crippen LogP contribution in [-0.4, -0.2) is 39.8 Å². The molecule has 1 fully saturated rings. The number of hydrogen-bond donors (Lipinski definition) is 2. The van der Waals surface area contributed by atoms with Crippen molar-refractivity contribution in [3.8, 4) is 0 Å². The van der Waals surface area contributed by atoms with Crippen LogP contribution in [0.5, 0.6) is 0 Å². The molecular weight excluding hydrogens is 291 g/mol. The summed E-state index contributed by atoms with van der Waals surface area (Å²) in [5, 5.41) is 9.05. The number of aryl methyl sites for hydroxylation is 1. The zero-order valence-electron chi connectivity index (χ0n) is 11.9. The van der Waals surface area contributed by atoms with Gasteiger partial charge in [0.05, 0.1) is 5.39 Å². The van der Waals surface area contributed by atoms with Crippen molar-refractivity contribution < 1.29 is 14.3 Å². The number of carbonyl (C=O) groups is 1. The van der Waals surface area contributed by atoms with E-state index in [2.05, 4.69) is 4.98 Å². The third kappa shape index (κ3) is 2.12. The van der Waals surface area contributed by atoms with Crippen LogP contribution in [0.15, 0.2) is 17.1 Å². The lowest BCUT2D eigenvalue weighted by Gasteiger charge is -2.38. The highest BCUT2D eigenvalue weighted by molar-refractivity contribution is 5.92. The van der Waals surface area contributed by atoms with Crippen LogP contribution in [0.2, 0.25) is 0 Å². The number of hydrogen-bond acceptors (Lipinski definition) is 5. The van der Waals surface area contributed by atoms with E-state index in [9.17, 15) is 14.0 Å². The van der Waals surface area contributed by atoms with Gasteiger partial charge in [-0.1, -0.05) is 0 Å². The van der Waals surface area contributed by atoms with Crippen molar-refractivity contribution in [2.24, 2.45) is 5.73 Å². The molecule has 0 saturated carbocycles. The maximum absolute atomic E-state index is 14.2. The van der Waals surface area contributed by atoms with Gasteiger partial charge in [-0.25, -0.2) is 14.2 Å². The number of halogens is 1. The molecule has 0 atom stereocenters. The number of fused-ring (bicyclic) bond motifs is 1. The smallest absolute Gasteiger partial charge is 0.341 e. The van der Waals surface area contributed by atoms with Crippen LogP contribution in [0.4, 0.5) is 10.2 Å². The summed E-state index contributed by atoms with van der Waals surface area (Å²) in [6.45, 7) is 3.20. The highest BCUT2D eigenvalue weighted by Gasteiger charge is 2.28. The summed E-state index contributed by atoms with van der Waals surface area (Å²) in [7, 11) is 0. The Labute approximate surface area is 124 Å². The van der Waals surface area contributed by atoms with Gasteiger partial charge in [0.1, 0.15) is 11.2 Å². The van der Waals surface area contributed by atoms with Crippen LogP contribution in [0, 0.1) is 5.82 Å². The van der Waals surface area contributed by atoms with Gasteiger partial charge in [-0.15, -0.1) is 0 Å². The molecule has 2 aromatic heterocycles. The lowest BCUT2D eigenvalue weighted by molar-refractivity contribution is 0.0695. The number of carboxylic acids is 1. The minimum atomic E-state index is -1.34. The first-order valence-electron chi connectivity index (χ1n) is 6.90. The van der Waals surface area contributed by atoms with Gasteiger partial charge in [-0.3, -0.25) is 4.79 Å². The molecule has 1 aliphatic heterocycles. The van der Waals surface area contributed by atoms with E-state index in [0.717, 1.165) is 6.07 Å². The van der Waals surface area contributed by atoms with Crippen molar-refractivity contribution >= 4 is 22.8 Å². The Balaban J connectivity index is 2.26. The van der Waals surface area contributed by atoms with Crippen LogP contribution in [-0.2, 0) is 6.54 Å². The number of aromatic carboxylic acids is 1. The Bertz CT molecular complexity index is 827. The first kappa shape index (κ1) is 14.5. The van der Waals surface area contributed by atoms with Gasteiger partial charge < -0.3 is 20.3 Å². The SMILES string of the molecule is CCn1cc(C(=O)O)c(=O)c2cc(F)c(N3CC(N)C3)nc21. The molecular formula is C14H15FN4O3. The minimum absolute atomic E-state index is 0.0142. The van der Waals surface area contributed by atoms with Gasteiger partial charge >= 0.3 is 5.97 Å².